The average molecular weight is 260 g/mol. The number of rotatable bonds is 4. The van der Waals surface area contributed by atoms with Crippen LogP contribution in [0.25, 0.3) is 0 Å². The fourth-order valence-corrected chi connectivity index (χ4v) is 2.47. The Morgan fingerprint density at radius 1 is 1.11 bits per heavy atom. The number of anilines is 1. The first-order valence-corrected chi connectivity index (χ1v) is 7.22. The minimum absolute atomic E-state index is 0.0865. The van der Waals surface area contributed by atoms with E-state index in [1.54, 1.807) is 12.3 Å². The van der Waals surface area contributed by atoms with Gasteiger partial charge in [-0.1, -0.05) is 19.3 Å². The molecule has 0 saturated heterocycles. The van der Waals surface area contributed by atoms with Crippen LogP contribution in [0.4, 0.5) is 5.95 Å². The summed E-state index contributed by atoms with van der Waals surface area (Å²) < 4.78 is 0. The number of aromatic nitrogens is 2. The number of carbonyl (C=O) groups is 1. The molecule has 2 fully saturated rings. The Labute approximate surface area is 113 Å². The molecule has 0 spiro atoms. The highest BCUT2D eigenvalue weighted by atomic mass is 16.2. The number of hydrogen-bond acceptors (Lipinski definition) is 4. The molecule has 0 bridgehead atoms. The summed E-state index contributed by atoms with van der Waals surface area (Å²) in [6, 6.07) is 2.48. The molecule has 1 aromatic heterocycles. The molecule has 2 aliphatic carbocycles. The summed E-state index contributed by atoms with van der Waals surface area (Å²) in [5.41, 5.74) is 0.459. The molecule has 5 nitrogen and oxygen atoms in total. The third kappa shape index (κ3) is 3.43. The fourth-order valence-electron chi connectivity index (χ4n) is 2.47. The zero-order chi connectivity index (χ0) is 13.1. The molecule has 1 amide bonds. The van der Waals surface area contributed by atoms with Crippen molar-refractivity contribution in [1.82, 2.24) is 15.3 Å². The van der Waals surface area contributed by atoms with E-state index >= 15 is 0 Å². The smallest absolute Gasteiger partial charge is 0.270 e. The van der Waals surface area contributed by atoms with Gasteiger partial charge in [0.25, 0.3) is 5.91 Å². The number of nitrogens with one attached hydrogen (secondary N) is 2. The molecule has 0 aliphatic heterocycles. The highest BCUT2D eigenvalue weighted by Gasteiger charge is 2.24. The SMILES string of the molecule is O=C(NC1CC1)c1ccnc(NC2CCCCC2)n1. The number of carbonyl (C=O) groups excluding carboxylic acids is 1. The first-order chi connectivity index (χ1) is 9.31. The average Bonchev–Trinajstić information content (AvgIpc) is 3.24. The predicted molar refractivity (Wildman–Crippen MR) is 73.0 cm³/mol. The maximum atomic E-state index is 11.9. The summed E-state index contributed by atoms with van der Waals surface area (Å²) in [7, 11) is 0. The summed E-state index contributed by atoms with van der Waals surface area (Å²) in [4.78, 5) is 20.4. The highest BCUT2D eigenvalue weighted by molar-refractivity contribution is 5.92. The Balaban J connectivity index is 1.62. The van der Waals surface area contributed by atoms with E-state index in [9.17, 15) is 4.79 Å². The van der Waals surface area contributed by atoms with Crippen LogP contribution in [-0.2, 0) is 0 Å². The van der Waals surface area contributed by atoms with Crippen molar-refractivity contribution in [3.8, 4) is 0 Å². The second-order valence-corrected chi connectivity index (χ2v) is 5.49. The van der Waals surface area contributed by atoms with Crippen molar-refractivity contribution in [2.24, 2.45) is 0 Å². The molecule has 2 aliphatic rings. The van der Waals surface area contributed by atoms with Crippen LogP contribution in [0, 0.1) is 0 Å². The van der Waals surface area contributed by atoms with Gasteiger partial charge in [0.15, 0.2) is 0 Å². The van der Waals surface area contributed by atoms with E-state index in [1.165, 1.54) is 32.1 Å². The van der Waals surface area contributed by atoms with Crippen LogP contribution in [-0.4, -0.2) is 28.0 Å². The van der Waals surface area contributed by atoms with Crippen molar-refractivity contribution in [2.75, 3.05) is 5.32 Å². The fraction of sp³-hybridized carbons (Fsp3) is 0.643. The van der Waals surface area contributed by atoms with Crippen LogP contribution >= 0.6 is 0 Å². The van der Waals surface area contributed by atoms with E-state index in [4.69, 9.17) is 0 Å². The van der Waals surface area contributed by atoms with Crippen molar-refractivity contribution in [3.63, 3.8) is 0 Å². The van der Waals surface area contributed by atoms with Crippen molar-refractivity contribution in [3.05, 3.63) is 18.0 Å². The van der Waals surface area contributed by atoms with E-state index in [0.717, 1.165) is 12.8 Å². The van der Waals surface area contributed by atoms with E-state index < -0.39 is 0 Å². The molecule has 0 unspecified atom stereocenters. The maximum absolute atomic E-state index is 11.9. The molecule has 1 aromatic rings. The lowest BCUT2D eigenvalue weighted by Crippen LogP contribution is -2.28. The quantitative estimate of drug-likeness (QED) is 0.870. The van der Waals surface area contributed by atoms with E-state index in [0.29, 0.717) is 23.7 Å². The number of hydrogen-bond donors (Lipinski definition) is 2. The monoisotopic (exact) mass is 260 g/mol. The molecule has 0 aromatic carbocycles. The van der Waals surface area contributed by atoms with Gasteiger partial charge in [-0.2, -0.15) is 0 Å². The van der Waals surface area contributed by atoms with Crippen LogP contribution in [0.5, 0.6) is 0 Å². The van der Waals surface area contributed by atoms with Gasteiger partial charge in [-0.3, -0.25) is 4.79 Å². The van der Waals surface area contributed by atoms with Crippen molar-refractivity contribution >= 4 is 11.9 Å². The van der Waals surface area contributed by atoms with Crippen LogP contribution in [0.2, 0.25) is 0 Å². The third-order valence-electron chi connectivity index (χ3n) is 3.74. The predicted octanol–water partition coefficient (Wildman–Crippen LogP) is 2.11. The summed E-state index contributed by atoms with van der Waals surface area (Å²) in [6.45, 7) is 0. The van der Waals surface area contributed by atoms with Gasteiger partial charge in [0.2, 0.25) is 5.95 Å². The molecule has 2 saturated carbocycles. The van der Waals surface area contributed by atoms with Gasteiger partial charge in [0.1, 0.15) is 5.69 Å². The maximum Gasteiger partial charge on any atom is 0.270 e. The molecule has 102 valence electrons. The van der Waals surface area contributed by atoms with E-state index in [1.807, 2.05) is 0 Å². The Hall–Kier alpha value is -1.65. The molecule has 19 heavy (non-hydrogen) atoms. The lowest BCUT2D eigenvalue weighted by molar-refractivity contribution is 0.0946. The lowest BCUT2D eigenvalue weighted by Gasteiger charge is -2.22. The minimum Gasteiger partial charge on any atom is -0.351 e. The van der Waals surface area contributed by atoms with Crippen LogP contribution in [0.3, 0.4) is 0 Å². The second kappa shape index (κ2) is 5.55. The molecular formula is C14H20N4O. The zero-order valence-corrected chi connectivity index (χ0v) is 11.1. The van der Waals surface area contributed by atoms with E-state index in [-0.39, 0.29) is 5.91 Å². The Morgan fingerprint density at radius 3 is 2.63 bits per heavy atom. The summed E-state index contributed by atoms with van der Waals surface area (Å²) in [5.74, 6) is 0.493. The third-order valence-corrected chi connectivity index (χ3v) is 3.74. The Bertz CT molecular complexity index is 453. The van der Waals surface area contributed by atoms with Gasteiger partial charge in [0.05, 0.1) is 0 Å². The molecule has 0 radical (unpaired) electrons. The summed E-state index contributed by atoms with van der Waals surface area (Å²) in [5, 5.41) is 6.29. The molecule has 2 N–H and O–H groups in total. The van der Waals surface area contributed by atoms with Gasteiger partial charge >= 0.3 is 0 Å². The summed E-state index contributed by atoms with van der Waals surface area (Å²) >= 11 is 0. The van der Waals surface area contributed by atoms with Crippen molar-refractivity contribution in [2.45, 2.75) is 57.0 Å². The highest BCUT2D eigenvalue weighted by Crippen LogP contribution is 2.21. The minimum atomic E-state index is -0.0865. The van der Waals surface area contributed by atoms with Gasteiger partial charge in [-0.25, -0.2) is 9.97 Å². The van der Waals surface area contributed by atoms with Gasteiger partial charge in [-0.05, 0) is 31.7 Å². The zero-order valence-electron chi connectivity index (χ0n) is 11.1. The normalized spacial score (nSPS) is 20.0. The van der Waals surface area contributed by atoms with Crippen molar-refractivity contribution < 1.29 is 4.79 Å². The molecule has 3 rings (SSSR count). The molecule has 0 atom stereocenters. The lowest BCUT2D eigenvalue weighted by atomic mass is 9.96. The van der Waals surface area contributed by atoms with Crippen molar-refractivity contribution in [1.29, 1.82) is 0 Å². The van der Waals surface area contributed by atoms with E-state index in [2.05, 4.69) is 20.6 Å². The largest absolute Gasteiger partial charge is 0.351 e. The molecule has 1 heterocycles. The second-order valence-electron chi connectivity index (χ2n) is 5.49. The van der Waals surface area contributed by atoms with Crippen LogP contribution < -0.4 is 10.6 Å². The van der Waals surface area contributed by atoms with Crippen LogP contribution in [0.1, 0.15) is 55.4 Å². The summed E-state index contributed by atoms with van der Waals surface area (Å²) in [6.07, 6.45) is 10.0. The van der Waals surface area contributed by atoms with Gasteiger partial charge in [-0.15, -0.1) is 0 Å². The first-order valence-electron chi connectivity index (χ1n) is 7.22. The molecular weight excluding hydrogens is 240 g/mol. The van der Waals surface area contributed by atoms with Crippen LogP contribution in [0.15, 0.2) is 12.3 Å². The number of amides is 1. The van der Waals surface area contributed by atoms with Gasteiger partial charge in [0, 0.05) is 18.3 Å². The standard InChI is InChI=1S/C14H20N4O/c19-13(16-11-6-7-11)12-8-9-15-14(18-12)17-10-4-2-1-3-5-10/h8-11H,1-7H2,(H,16,19)(H,15,17,18). The van der Waals surface area contributed by atoms with Gasteiger partial charge < -0.3 is 10.6 Å². The Kier molecular flexibility index (Phi) is 3.62. The Morgan fingerprint density at radius 2 is 1.89 bits per heavy atom. The topological polar surface area (TPSA) is 66.9 Å². The number of nitrogens with zero attached hydrogens (tertiary/aromatic N) is 2. The molecule has 5 heteroatoms. The first kappa shape index (κ1) is 12.4.